The van der Waals surface area contributed by atoms with E-state index in [1.165, 1.54) is 23.2 Å². The van der Waals surface area contributed by atoms with Crippen LogP contribution in [0.4, 0.5) is 10.6 Å². The Hall–Kier alpha value is -3.19. The van der Waals surface area contributed by atoms with E-state index in [0.29, 0.717) is 24.3 Å². The lowest BCUT2D eigenvalue weighted by molar-refractivity contribution is -0.137. The highest BCUT2D eigenvalue weighted by Crippen LogP contribution is 2.30. The Labute approximate surface area is 197 Å². The second-order valence-corrected chi connectivity index (χ2v) is 9.40. The van der Waals surface area contributed by atoms with E-state index in [1.54, 1.807) is 34.9 Å². The van der Waals surface area contributed by atoms with Crippen LogP contribution in [0.2, 0.25) is 5.02 Å². The molecule has 1 fully saturated rings. The summed E-state index contributed by atoms with van der Waals surface area (Å²) in [4.78, 5) is 58.4. The fourth-order valence-corrected chi connectivity index (χ4v) is 3.46. The number of rotatable bonds is 3. The number of halogens is 1. The molecule has 1 aliphatic rings. The maximum Gasteiger partial charge on any atom is 0.728 e. The number of ether oxygens (including phenoxy) is 1. The second kappa shape index (κ2) is 11.1. The maximum atomic E-state index is 12.5. The topological polar surface area (TPSA) is 122 Å². The number of carbonyl (C=O) groups excluding carboxylic acids is 4. The average molecular weight is 479 g/mol. The Morgan fingerprint density at radius 3 is 2.45 bits per heavy atom. The van der Waals surface area contributed by atoms with Gasteiger partial charge in [-0.2, -0.15) is 4.79 Å². The number of hydrogen-bond donors (Lipinski definition) is 2. The molecular formula is C22H29ClN5O5+. The number of nitrogens with zero attached hydrogens (tertiary/aromatic N) is 3. The van der Waals surface area contributed by atoms with Crippen LogP contribution in [0.15, 0.2) is 18.3 Å². The maximum absolute atomic E-state index is 12.5. The lowest BCUT2D eigenvalue weighted by atomic mass is 9.78. The molecule has 4 amide bonds. The standard InChI is InChI=1S/C22H28ClN5O5/c1-22(2,3)33-21(32)25-11-14-10-13(20(31)28(4)5)6-8-16(14)26-18(29)19(30)27-17-9-7-15(23)12-24-17/h7,9,12-14,16H,6,8,10H2,1-5H3,(H-,24,26,27,29,30)/p+1/t13-,14?,16-/m0/s1. The van der Waals surface area contributed by atoms with Crippen LogP contribution in [0.3, 0.4) is 0 Å². The van der Waals surface area contributed by atoms with Gasteiger partial charge in [-0.1, -0.05) is 11.6 Å². The first-order valence-electron chi connectivity index (χ1n) is 10.5. The van der Waals surface area contributed by atoms with Gasteiger partial charge in [-0.3, -0.25) is 14.4 Å². The summed E-state index contributed by atoms with van der Waals surface area (Å²) in [6, 6.07) is 5.18. The molecule has 10 nitrogen and oxygen atoms in total. The Balaban J connectivity index is 2.12. The van der Waals surface area contributed by atoms with Crippen LogP contribution in [0.1, 0.15) is 40.0 Å². The Morgan fingerprint density at radius 2 is 1.88 bits per heavy atom. The predicted octanol–water partition coefficient (Wildman–Crippen LogP) is 2.93. The predicted molar refractivity (Wildman–Crippen MR) is 123 cm³/mol. The van der Waals surface area contributed by atoms with Gasteiger partial charge in [0.15, 0.2) is 0 Å². The van der Waals surface area contributed by atoms with Crippen LogP contribution in [0, 0.1) is 17.9 Å². The molecule has 1 heterocycles. The van der Waals surface area contributed by atoms with Gasteiger partial charge >= 0.3 is 17.9 Å². The van der Waals surface area contributed by atoms with E-state index in [2.05, 4.69) is 26.5 Å². The number of hydrogen-bond acceptors (Lipinski definition) is 6. The van der Waals surface area contributed by atoms with Crippen molar-refractivity contribution < 1.29 is 23.9 Å². The fourth-order valence-electron chi connectivity index (χ4n) is 3.35. The van der Waals surface area contributed by atoms with Gasteiger partial charge in [-0.05, 0) is 52.2 Å². The van der Waals surface area contributed by atoms with Gasteiger partial charge in [0.25, 0.3) is 6.07 Å². The van der Waals surface area contributed by atoms with Crippen LogP contribution in [-0.4, -0.2) is 59.4 Å². The number of nitrogens with one attached hydrogen (secondary N) is 2. The summed E-state index contributed by atoms with van der Waals surface area (Å²) in [6.45, 7) is 5.14. The zero-order valence-corrected chi connectivity index (χ0v) is 20.1. The summed E-state index contributed by atoms with van der Waals surface area (Å²) in [5, 5.41) is 5.44. The van der Waals surface area contributed by atoms with Crippen LogP contribution in [-0.2, 0) is 19.1 Å². The summed E-state index contributed by atoms with van der Waals surface area (Å²) in [7, 11) is 3.33. The largest absolute Gasteiger partial charge is 0.728 e. The fraction of sp³-hybridized carbons (Fsp3) is 0.545. The van der Waals surface area contributed by atoms with E-state index in [9.17, 15) is 19.2 Å². The molecule has 3 atom stereocenters. The molecule has 0 radical (unpaired) electrons. The second-order valence-electron chi connectivity index (χ2n) is 8.97. The van der Waals surface area contributed by atoms with Crippen LogP contribution in [0.5, 0.6) is 0 Å². The van der Waals surface area contributed by atoms with Crippen molar-refractivity contribution in [1.29, 1.82) is 0 Å². The number of carbonyl (C=O) groups is 4. The molecule has 0 spiro atoms. The monoisotopic (exact) mass is 478 g/mol. The smallest absolute Gasteiger partial charge is 0.392 e. The third kappa shape index (κ3) is 8.35. The third-order valence-corrected chi connectivity index (χ3v) is 5.07. The lowest BCUT2D eigenvalue weighted by Gasteiger charge is -2.32. The molecule has 1 aromatic rings. The molecule has 1 saturated carbocycles. The molecular weight excluding hydrogens is 450 g/mol. The highest BCUT2D eigenvalue weighted by atomic mass is 35.5. The molecule has 2 rings (SSSR count). The summed E-state index contributed by atoms with van der Waals surface area (Å²) < 4.78 is 5.16. The normalized spacial score (nSPS) is 20.0. The van der Waals surface area contributed by atoms with Gasteiger partial charge < -0.3 is 20.3 Å². The molecule has 11 heteroatoms. The minimum atomic E-state index is -0.904. The molecule has 33 heavy (non-hydrogen) atoms. The number of pyridine rings is 1. The van der Waals surface area contributed by atoms with Crippen LogP contribution in [0.25, 0.3) is 4.85 Å². The highest BCUT2D eigenvalue weighted by Gasteiger charge is 2.39. The van der Waals surface area contributed by atoms with Gasteiger partial charge in [0.1, 0.15) is 17.3 Å². The van der Waals surface area contributed by atoms with E-state index in [1.807, 2.05) is 0 Å². The van der Waals surface area contributed by atoms with Crippen LogP contribution >= 0.6 is 11.6 Å². The van der Waals surface area contributed by atoms with Gasteiger partial charge in [0.05, 0.1) is 9.87 Å². The van der Waals surface area contributed by atoms with Crippen molar-refractivity contribution in [3.63, 3.8) is 0 Å². The first-order chi connectivity index (χ1) is 15.4. The van der Waals surface area contributed by atoms with Crippen molar-refractivity contribution in [3.05, 3.63) is 28.2 Å². The van der Waals surface area contributed by atoms with E-state index >= 15 is 0 Å². The van der Waals surface area contributed by atoms with Crippen molar-refractivity contribution in [2.24, 2.45) is 11.8 Å². The molecule has 1 unspecified atom stereocenters. The molecule has 1 aromatic heterocycles. The first-order valence-corrected chi connectivity index (χ1v) is 10.9. The molecule has 2 N–H and O–H groups in total. The van der Waals surface area contributed by atoms with Crippen molar-refractivity contribution in [3.8, 4) is 6.07 Å². The number of anilines is 1. The minimum absolute atomic E-state index is 0.0598. The van der Waals surface area contributed by atoms with E-state index in [0.717, 1.165) is 0 Å². The average Bonchev–Trinajstić information content (AvgIpc) is 2.72. The SMILES string of the molecule is CN(C)C(=O)[C@H]1CC[C@H](NC(=O)C(=O)Nc2ccc(Cl)cn2)C(C#[N+]C(=O)OC(C)(C)C)C1. The Kier molecular flexibility index (Phi) is 8.76. The summed E-state index contributed by atoms with van der Waals surface area (Å²) >= 11 is 5.77. The first kappa shape index (κ1) is 26.1. The van der Waals surface area contributed by atoms with E-state index in [4.69, 9.17) is 16.3 Å². The quantitative estimate of drug-likeness (QED) is 0.644. The number of amides is 4. The summed E-state index contributed by atoms with van der Waals surface area (Å²) in [6.07, 6.45) is 1.75. The third-order valence-electron chi connectivity index (χ3n) is 4.85. The van der Waals surface area contributed by atoms with Gasteiger partial charge in [-0.25, -0.2) is 4.98 Å². The van der Waals surface area contributed by atoms with Gasteiger partial charge in [0, 0.05) is 32.3 Å². The molecule has 0 aliphatic heterocycles. The van der Waals surface area contributed by atoms with E-state index in [-0.39, 0.29) is 17.6 Å². The Bertz CT molecular complexity index is 962. The number of aromatic nitrogens is 1. The highest BCUT2D eigenvalue weighted by molar-refractivity contribution is 6.39. The molecule has 0 saturated heterocycles. The zero-order valence-electron chi connectivity index (χ0n) is 19.3. The summed E-state index contributed by atoms with van der Waals surface area (Å²) in [5.41, 5.74) is -0.723. The van der Waals surface area contributed by atoms with Crippen molar-refractivity contribution in [2.75, 3.05) is 19.4 Å². The Morgan fingerprint density at radius 1 is 1.18 bits per heavy atom. The molecule has 0 aromatic carbocycles. The van der Waals surface area contributed by atoms with Gasteiger partial charge in [-0.15, -0.1) is 0 Å². The molecule has 1 aliphatic carbocycles. The minimum Gasteiger partial charge on any atom is -0.392 e. The van der Waals surface area contributed by atoms with Crippen molar-refractivity contribution >= 4 is 41.2 Å². The summed E-state index contributed by atoms with van der Waals surface area (Å²) in [5.74, 6) is -2.54. The zero-order chi connectivity index (χ0) is 24.8. The van der Waals surface area contributed by atoms with Crippen LogP contribution < -0.4 is 10.6 Å². The van der Waals surface area contributed by atoms with Gasteiger partial charge in [0.2, 0.25) is 5.91 Å². The molecule has 0 bridgehead atoms. The van der Waals surface area contributed by atoms with E-state index < -0.39 is 35.5 Å². The van der Waals surface area contributed by atoms with Crippen molar-refractivity contribution in [2.45, 2.75) is 51.7 Å². The van der Waals surface area contributed by atoms with Crippen molar-refractivity contribution in [1.82, 2.24) is 15.2 Å². The lowest BCUT2D eigenvalue weighted by Crippen LogP contribution is -2.48. The molecule has 178 valence electrons.